The lowest BCUT2D eigenvalue weighted by atomic mass is 9.93. The lowest BCUT2D eigenvalue weighted by Crippen LogP contribution is -2.60. The molecule has 6 nitrogen and oxygen atoms in total. The molecule has 0 bridgehead atoms. The van der Waals surface area contributed by atoms with Gasteiger partial charge >= 0.3 is 0 Å². The van der Waals surface area contributed by atoms with E-state index < -0.39 is 5.54 Å². The van der Waals surface area contributed by atoms with Gasteiger partial charge in [-0.05, 0) is 31.7 Å². The monoisotopic (exact) mass is 288 g/mol. The molecule has 1 saturated carbocycles. The first-order valence-electron chi connectivity index (χ1n) is 7.36. The van der Waals surface area contributed by atoms with Crippen molar-refractivity contribution in [3.05, 3.63) is 0 Å². The van der Waals surface area contributed by atoms with Crippen molar-refractivity contribution >= 4 is 5.91 Å². The summed E-state index contributed by atoms with van der Waals surface area (Å²) in [6, 6.07) is 0. The van der Waals surface area contributed by atoms with Crippen molar-refractivity contribution in [3.63, 3.8) is 0 Å². The normalized spacial score (nSPS) is 17.9. The van der Waals surface area contributed by atoms with Gasteiger partial charge in [0.05, 0.1) is 19.8 Å². The van der Waals surface area contributed by atoms with Crippen LogP contribution in [0, 0.1) is 5.92 Å². The Kier molecular flexibility index (Phi) is 8.06. The molecule has 0 heterocycles. The van der Waals surface area contributed by atoms with Gasteiger partial charge in [0.2, 0.25) is 5.91 Å². The molecule has 1 aliphatic rings. The van der Waals surface area contributed by atoms with E-state index in [0.29, 0.717) is 45.5 Å². The number of hydrogen-bond donors (Lipinski definition) is 2. The summed E-state index contributed by atoms with van der Waals surface area (Å²) in [5.41, 5.74) is 4.89. The Morgan fingerprint density at radius 2 is 1.95 bits per heavy atom. The van der Waals surface area contributed by atoms with Gasteiger partial charge in [0.1, 0.15) is 5.54 Å². The molecule has 6 heteroatoms. The summed E-state index contributed by atoms with van der Waals surface area (Å²) in [6.45, 7) is 5.44. The number of rotatable bonds is 13. The summed E-state index contributed by atoms with van der Waals surface area (Å²) in [5.74, 6) is 0.0103. The number of likely N-dealkylation sites (N-methyl/N-ethyl adjacent to an activating group) is 1. The Hall–Kier alpha value is -0.690. The van der Waals surface area contributed by atoms with Crippen LogP contribution in [-0.2, 0) is 19.0 Å². The summed E-state index contributed by atoms with van der Waals surface area (Å²) in [5, 5.41) is 3.23. The molecule has 0 aromatic carbocycles. The largest absolute Gasteiger partial charge is 0.382 e. The topological polar surface area (TPSA) is 82.8 Å². The van der Waals surface area contributed by atoms with E-state index >= 15 is 0 Å². The standard InChI is InChI=1S/C14H28N2O4/c1-3-16-14(13(15)17,12-5-6-12)11-20-8-4-7-19-10-9-18-2/h12,16H,3-11H2,1-2H3,(H2,15,17). The zero-order valence-electron chi connectivity index (χ0n) is 12.7. The number of ether oxygens (including phenoxy) is 3. The summed E-state index contributed by atoms with van der Waals surface area (Å²) in [6.07, 6.45) is 2.88. The Balaban J connectivity index is 2.20. The summed E-state index contributed by atoms with van der Waals surface area (Å²) >= 11 is 0. The number of carbonyl (C=O) groups excluding carboxylic acids is 1. The first-order chi connectivity index (χ1) is 9.67. The fraction of sp³-hybridized carbons (Fsp3) is 0.929. The molecule has 1 rings (SSSR count). The molecule has 0 radical (unpaired) electrons. The molecular formula is C14H28N2O4. The van der Waals surface area contributed by atoms with Crippen molar-refractivity contribution in [1.29, 1.82) is 0 Å². The summed E-state index contributed by atoms with van der Waals surface area (Å²) in [7, 11) is 1.65. The number of methoxy groups -OCH3 is 1. The van der Waals surface area contributed by atoms with Gasteiger partial charge in [-0.3, -0.25) is 4.79 Å². The first-order valence-corrected chi connectivity index (χ1v) is 7.36. The number of carbonyl (C=O) groups is 1. The van der Waals surface area contributed by atoms with E-state index in [1.54, 1.807) is 7.11 Å². The maximum atomic E-state index is 11.8. The highest BCUT2D eigenvalue weighted by atomic mass is 16.5. The second-order valence-electron chi connectivity index (χ2n) is 5.15. The van der Waals surface area contributed by atoms with E-state index in [4.69, 9.17) is 19.9 Å². The third-order valence-electron chi connectivity index (χ3n) is 3.55. The van der Waals surface area contributed by atoms with Crippen LogP contribution in [0.25, 0.3) is 0 Å². The molecule has 1 unspecified atom stereocenters. The molecule has 0 aromatic heterocycles. The van der Waals surface area contributed by atoms with Gasteiger partial charge in [-0.15, -0.1) is 0 Å². The minimum Gasteiger partial charge on any atom is -0.382 e. The van der Waals surface area contributed by atoms with Crippen LogP contribution in [0.1, 0.15) is 26.2 Å². The molecule has 20 heavy (non-hydrogen) atoms. The lowest BCUT2D eigenvalue weighted by Gasteiger charge is -2.31. The van der Waals surface area contributed by atoms with Gasteiger partial charge in [0, 0.05) is 20.3 Å². The maximum Gasteiger partial charge on any atom is 0.240 e. The quantitative estimate of drug-likeness (QED) is 0.476. The third kappa shape index (κ3) is 5.36. The van der Waals surface area contributed by atoms with Crippen molar-refractivity contribution < 1.29 is 19.0 Å². The second kappa shape index (κ2) is 9.28. The highest BCUT2D eigenvalue weighted by Gasteiger charge is 2.49. The molecule has 1 atom stereocenters. The number of hydrogen-bond acceptors (Lipinski definition) is 5. The number of amides is 1. The Labute approximate surface area is 121 Å². The molecule has 1 amide bonds. The van der Waals surface area contributed by atoms with Crippen molar-refractivity contribution in [3.8, 4) is 0 Å². The van der Waals surface area contributed by atoms with Gasteiger partial charge in [-0.1, -0.05) is 6.92 Å². The number of nitrogens with two attached hydrogens (primary N) is 1. The molecule has 0 aromatic rings. The second-order valence-corrected chi connectivity index (χ2v) is 5.15. The minimum absolute atomic E-state index is 0.307. The predicted octanol–water partition coefficient (Wildman–Crippen LogP) is 0.300. The average Bonchev–Trinajstić information content (AvgIpc) is 3.25. The van der Waals surface area contributed by atoms with Crippen molar-refractivity contribution in [2.45, 2.75) is 31.7 Å². The Morgan fingerprint density at radius 3 is 2.50 bits per heavy atom. The minimum atomic E-state index is -0.689. The highest BCUT2D eigenvalue weighted by molar-refractivity contribution is 5.85. The summed E-state index contributed by atoms with van der Waals surface area (Å²) < 4.78 is 15.9. The van der Waals surface area contributed by atoms with Crippen LogP contribution in [0.4, 0.5) is 0 Å². The van der Waals surface area contributed by atoms with Crippen LogP contribution in [0.5, 0.6) is 0 Å². The number of primary amides is 1. The van der Waals surface area contributed by atoms with E-state index in [1.807, 2.05) is 6.92 Å². The van der Waals surface area contributed by atoms with E-state index in [1.165, 1.54) is 0 Å². The van der Waals surface area contributed by atoms with Crippen molar-refractivity contribution in [2.24, 2.45) is 11.7 Å². The maximum absolute atomic E-state index is 11.8. The zero-order chi connectivity index (χ0) is 14.8. The molecule has 0 saturated heterocycles. The van der Waals surface area contributed by atoms with Crippen LogP contribution in [0.2, 0.25) is 0 Å². The van der Waals surface area contributed by atoms with Crippen LogP contribution in [0.3, 0.4) is 0 Å². The predicted molar refractivity (Wildman–Crippen MR) is 76.5 cm³/mol. The van der Waals surface area contributed by atoms with E-state index in [9.17, 15) is 4.79 Å². The van der Waals surface area contributed by atoms with Crippen LogP contribution in [-0.4, -0.2) is 58.1 Å². The average molecular weight is 288 g/mol. The first kappa shape index (κ1) is 17.4. The molecule has 1 fully saturated rings. The molecule has 1 aliphatic carbocycles. The highest BCUT2D eigenvalue weighted by Crippen LogP contribution is 2.39. The van der Waals surface area contributed by atoms with Crippen LogP contribution >= 0.6 is 0 Å². The molecule has 3 N–H and O–H groups in total. The number of nitrogens with one attached hydrogen (secondary N) is 1. The fourth-order valence-electron chi connectivity index (χ4n) is 2.30. The smallest absolute Gasteiger partial charge is 0.240 e. The van der Waals surface area contributed by atoms with Crippen molar-refractivity contribution in [2.75, 3.05) is 46.7 Å². The summed E-state index contributed by atoms with van der Waals surface area (Å²) in [4.78, 5) is 11.8. The Bertz CT molecular complexity index is 284. The lowest BCUT2D eigenvalue weighted by molar-refractivity contribution is -0.128. The van der Waals surface area contributed by atoms with Gasteiger partial charge in [-0.25, -0.2) is 0 Å². The molecule has 0 spiro atoms. The molecular weight excluding hydrogens is 260 g/mol. The van der Waals surface area contributed by atoms with E-state index in [-0.39, 0.29) is 5.91 Å². The molecule has 0 aliphatic heterocycles. The zero-order valence-corrected chi connectivity index (χ0v) is 12.7. The van der Waals surface area contributed by atoms with Crippen LogP contribution < -0.4 is 11.1 Å². The van der Waals surface area contributed by atoms with E-state index in [2.05, 4.69) is 5.32 Å². The third-order valence-corrected chi connectivity index (χ3v) is 3.55. The van der Waals surface area contributed by atoms with Gasteiger partial charge < -0.3 is 25.3 Å². The van der Waals surface area contributed by atoms with E-state index in [0.717, 1.165) is 19.3 Å². The van der Waals surface area contributed by atoms with Crippen LogP contribution in [0.15, 0.2) is 0 Å². The van der Waals surface area contributed by atoms with Gasteiger partial charge in [0.15, 0.2) is 0 Å². The Morgan fingerprint density at radius 1 is 1.25 bits per heavy atom. The van der Waals surface area contributed by atoms with Gasteiger partial charge in [-0.2, -0.15) is 0 Å². The molecule has 118 valence electrons. The van der Waals surface area contributed by atoms with Gasteiger partial charge in [0.25, 0.3) is 0 Å². The van der Waals surface area contributed by atoms with Crippen molar-refractivity contribution in [1.82, 2.24) is 5.32 Å². The SMILES string of the molecule is CCNC(COCCCOCCOC)(C(N)=O)C1CC1. The fourth-order valence-corrected chi connectivity index (χ4v) is 2.30.